The number of carbonyl (C=O) groups excluding carboxylic acids is 1. The summed E-state index contributed by atoms with van der Waals surface area (Å²) in [5, 5.41) is 0.565. The van der Waals surface area contributed by atoms with E-state index in [0.29, 0.717) is 25.6 Å². The van der Waals surface area contributed by atoms with E-state index in [1.165, 1.54) is 11.3 Å². The number of hydrogen-bond donors (Lipinski definition) is 0. The minimum atomic E-state index is -0.715. The van der Waals surface area contributed by atoms with Crippen LogP contribution in [-0.2, 0) is 9.53 Å². The third kappa shape index (κ3) is 4.57. The van der Waals surface area contributed by atoms with E-state index in [1.54, 1.807) is 23.6 Å². The van der Waals surface area contributed by atoms with Gasteiger partial charge < -0.3 is 4.74 Å². The summed E-state index contributed by atoms with van der Waals surface area (Å²) in [5.74, 6) is -0.507. The summed E-state index contributed by atoms with van der Waals surface area (Å²) in [4.78, 5) is 32.5. The summed E-state index contributed by atoms with van der Waals surface area (Å²) in [6.45, 7) is 3.98. The van der Waals surface area contributed by atoms with Crippen LogP contribution in [0.5, 0.6) is 0 Å². The van der Waals surface area contributed by atoms with Crippen molar-refractivity contribution in [2.45, 2.75) is 19.9 Å². The van der Waals surface area contributed by atoms with E-state index in [-0.39, 0.29) is 12.2 Å². The highest BCUT2D eigenvalue weighted by Crippen LogP contribution is 2.35. The topological polar surface area (TPSA) is 60.7 Å². The Hall–Kier alpha value is -3.74. The molecule has 0 fully saturated rings. The van der Waals surface area contributed by atoms with Crippen LogP contribution in [0.3, 0.4) is 0 Å². The first kappa shape index (κ1) is 24.0. The normalized spacial score (nSPS) is 15.4. The van der Waals surface area contributed by atoms with Gasteiger partial charge in [0.25, 0.3) is 5.56 Å². The van der Waals surface area contributed by atoms with Crippen LogP contribution in [0.15, 0.2) is 94.2 Å². The van der Waals surface area contributed by atoms with Gasteiger partial charge in [-0.05, 0) is 43.2 Å². The molecular weight excluding hydrogens is 492 g/mol. The number of ether oxygens (including phenoxy) is 1. The molecule has 2 heterocycles. The van der Waals surface area contributed by atoms with Crippen molar-refractivity contribution < 1.29 is 9.53 Å². The van der Waals surface area contributed by atoms with Gasteiger partial charge in [0.1, 0.15) is 0 Å². The Labute approximate surface area is 217 Å². The van der Waals surface area contributed by atoms with E-state index in [9.17, 15) is 9.59 Å². The highest BCUT2D eigenvalue weighted by Gasteiger charge is 2.35. The molecule has 7 heteroatoms. The van der Waals surface area contributed by atoms with Crippen LogP contribution >= 0.6 is 22.9 Å². The van der Waals surface area contributed by atoms with Crippen LogP contribution in [0.1, 0.15) is 35.2 Å². The molecule has 1 aromatic heterocycles. The van der Waals surface area contributed by atoms with Crippen LogP contribution in [0, 0.1) is 6.92 Å². The molecule has 0 aliphatic carbocycles. The Morgan fingerprint density at radius 3 is 2.42 bits per heavy atom. The molecule has 5 rings (SSSR count). The van der Waals surface area contributed by atoms with Crippen molar-refractivity contribution in [2.75, 3.05) is 6.61 Å². The van der Waals surface area contributed by atoms with Gasteiger partial charge in [-0.1, -0.05) is 95.2 Å². The largest absolute Gasteiger partial charge is 0.463 e. The molecule has 0 bridgehead atoms. The SMILES string of the molecule is CCOC(=O)C1=C(c2ccccc2)N=c2s/c(=C/c3ccc(C)cc3)c(=O)n2[C@@H]1c1ccc(Cl)cc1. The van der Waals surface area contributed by atoms with Crippen molar-refractivity contribution in [1.29, 1.82) is 0 Å². The van der Waals surface area contributed by atoms with Crippen molar-refractivity contribution in [3.8, 4) is 0 Å². The fraction of sp³-hybridized carbons (Fsp3) is 0.138. The summed E-state index contributed by atoms with van der Waals surface area (Å²) in [7, 11) is 0. The predicted octanol–water partition coefficient (Wildman–Crippen LogP) is 4.90. The summed E-state index contributed by atoms with van der Waals surface area (Å²) in [5.41, 5.74) is 4.18. The van der Waals surface area contributed by atoms with Crippen LogP contribution in [0.2, 0.25) is 5.02 Å². The molecule has 180 valence electrons. The highest BCUT2D eigenvalue weighted by atomic mass is 35.5. The number of fused-ring (bicyclic) bond motifs is 1. The molecule has 5 nitrogen and oxygen atoms in total. The number of nitrogens with zero attached hydrogens (tertiary/aromatic N) is 2. The smallest absolute Gasteiger partial charge is 0.338 e. The lowest BCUT2D eigenvalue weighted by Gasteiger charge is -2.25. The van der Waals surface area contributed by atoms with E-state index in [2.05, 4.69) is 0 Å². The van der Waals surface area contributed by atoms with Crippen LogP contribution in [0.25, 0.3) is 11.8 Å². The van der Waals surface area contributed by atoms with Gasteiger partial charge >= 0.3 is 5.97 Å². The molecule has 0 spiro atoms. The Morgan fingerprint density at radius 1 is 1.06 bits per heavy atom. The lowest BCUT2D eigenvalue weighted by molar-refractivity contribution is -0.138. The number of aryl methyl sites for hydroxylation is 1. The molecule has 0 saturated heterocycles. The molecule has 36 heavy (non-hydrogen) atoms. The van der Waals surface area contributed by atoms with Gasteiger partial charge in [0.15, 0.2) is 4.80 Å². The van der Waals surface area contributed by atoms with Crippen LogP contribution in [-0.4, -0.2) is 17.1 Å². The van der Waals surface area contributed by atoms with Gasteiger partial charge in [0.05, 0.1) is 28.5 Å². The second-order valence-electron chi connectivity index (χ2n) is 8.39. The van der Waals surface area contributed by atoms with Crippen LogP contribution < -0.4 is 14.9 Å². The summed E-state index contributed by atoms with van der Waals surface area (Å²) in [6, 6.07) is 23.9. The number of esters is 1. The maximum atomic E-state index is 13.8. The fourth-order valence-corrected chi connectivity index (χ4v) is 5.34. The Balaban J connectivity index is 1.82. The third-order valence-corrected chi connectivity index (χ3v) is 7.17. The Kier molecular flexibility index (Phi) is 6.72. The van der Waals surface area contributed by atoms with E-state index in [0.717, 1.165) is 22.3 Å². The first-order valence-electron chi connectivity index (χ1n) is 11.6. The maximum Gasteiger partial charge on any atom is 0.338 e. The second kappa shape index (κ2) is 10.1. The molecule has 4 aromatic rings. The molecule has 1 aliphatic rings. The zero-order valence-electron chi connectivity index (χ0n) is 19.8. The zero-order chi connectivity index (χ0) is 25.2. The van der Waals surface area contributed by atoms with Crippen molar-refractivity contribution in [1.82, 2.24) is 4.57 Å². The third-order valence-electron chi connectivity index (χ3n) is 5.93. The zero-order valence-corrected chi connectivity index (χ0v) is 21.3. The van der Waals surface area contributed by atoms with E-state index in [4.69, 9.17) is 21.3 Å². The average Bonchev–Trinajstić information content (AvgIpc) is 3.20. The number of benzene rings is 3. The average molecular weight is 515 g/mol. The summed E-state index contributed by atoms with van der Waals surface area (Å²) in [6.07, 6.45) is 1.86. The monoisotopic (exact) mass is 514 g/mol. The standard InChI is InChI=1S/C29H23ClN2O3S/c1-3-35-28(34)24-25(20-7-5-4-6-8-20)31-29-32(26(24)21-13-15-22(30)16-14-21)27(33)23(36-29)17-19-11-9-18(2)10-12-19/h4-17,26H,3H2,1-2H3/b23-17+/t26-/m1/s1. The molecular formula is C29H23ClN2O3S. The minimum absolute atomic E-state index is 0.204. The first-order valence-corrected chi connectivity index (χ1v) is 12.8. The number of thiazole rings is 1. The molecule has 0 saturated carbocycles. The number of rotatable bonds is 5. The number of hydrogen-bond acceptors (Lipinski definition) is 5. The van der Waals surface area contributed by atoms with E-state index in [1.807, 2.05) is 79.7 Å². The van der Waals surface area contributed by atoms with Crippen LogP contribution in [0.4, 0.5) is 0 Å². The first-order chi connectivity index (χ1) is 17.5. The van der Waals surface area contributed by atoms with Crippen molar-refractivity contribution in [2.24, 2.45) is 4.99 Å². The van der Waals surface area contributed by atoms with Gasteiger partial charge in [0.2, 0.25) is 0 Å². The second-order valence-corrected chi connectivity index (χ2v) is 9.84. The minimum Gasteiger partial charge on any atom is -0.463 e. The Morgan fingerprint density at radius 2 is 1.75 bits per heavy atom. The maximum absolute atomic E-state index is 13.8. The van der Waals surface area contributed by atoms with E-state index < -0.39 is 12.0 Å². The van der Waals surface area contributed by atoms with Gasteiger partial charge in [-0.3, -0.25) is 9.36 Å². The molecule has 0 unspecified atom stereocenters. The molecule has 3 aromatic carbocycles. The van der Waals surface area contributed by atoms with Crippen molar-refractivity contribution >= 4 is 40.7 Å². The number of aromatic nitrogens is 1. The van der Waals surface area contributed by atoms with Crippen molar-refractivity contribution in [3.63, 3.8) is 0 Å². The van der Waals surface area contributed by atoms with Crippen molar-refractivity contribution in [3.05, 3.63) is 131 Å². The van der Waals surface area contributed by atoms with Gasteiger partial charge in [0, 0.05) is 10.6 Å². The summed E-state index contributed by atoms with van der Waals surface area (Å²) < 4.78 is 7.60. The molecule has 1 atom stereocenters. The number of halogens is 1. The predicted molar refractivity (Wildman–Crippen MR) is 144 cm³/mol. The molecule has 0 radical (unpaired) electrons. The molecule has 1 aliphatic heterocycles. The number of carbonyl (C=O) groups is 1. The van der Waals surface area contributed by atoms with E-state index >= 15 is 0 Å². The van der Waals surface area contributed by atoms with Gasteiger partial charge in [-0.2, -0.15) is 0 Å². The van der Waals surface area contributed by atoms with Gasteiger partial charge in [-0.15, -0.1) is 0 Å². The lowest BCUT2D eigenvalue weighted by Crippen LogP contribution is -2.40. The highest BCUT2D eigenvalue weighted by molar-refractivity contribution is 7.07. The molecule has 0 amide bonds. The fourth-order valence-electron chi connectivity index (χ4n) is 4.21. The molecule has 0 N–H and O–H groups in total. The summed E-state index contributed by atoms with van der Waals surface area (Å²) >= 11 is 7.47. The lowest BCUT2D eigenvalue weighted by atomic mass is 9.93. The quantitative estimate of drug-likeness (QED) is 0.356. The van der Waals surface area contributed by atoms with Gasteiger partial charge in [-0.25, -0.2) is 9.79 Å². The Bertz CT molecular complexity index is 1630.